The van der Waals surface area contributed by atoms with Crippen LogP contribution in [0.4, 0.5) is 5.69 Å². The van der Waals surface area contributed by atoms with Gasteiger partial charge in [0.15, 0.2) is 5.82 Å². The Morgan fingerprint density at radius 2 is 1.92 bits per heavy atom. The van der Waals surface area contributed by atoms with Crippen molar-refractivity contribution in [1.82, 2.24) is 35.1 Å². The number of rotatable bonds is 11. The van der Waals surface area contributed by atoms with E-state index in [-0.39, 0.29) is 17.9 Å². The van der Waals surface area contributed by atoms with Crippen LogP contribution in [0.15, 0.2) is 42.6 Å². The number of aromatic nitrogens is 4. The first kappa shape index (κ1) is 32.5. The zero-order chi connectivity index (χ0) is 33.4. The normalized spacial score (nSPS) is 17.7. The zero-order valence-electron chi connectivity index (χ0n) is 27.0. The quantitative estimate of drug-likeness (QED) is 0.195. The number of carbonyl (C=O) groups excluding carboxylic acids is 2. The Balaban J connectivity index is 1.08. The first-order valence-corrected chi connectivity index (χ1v) is 17.1. The van der Waals surface area contributed by atoms with Crippen LogP contribution in [-0.4, -0.2) is 69.0 Å². The fraction of sp³-hybridized carbons (Fsp3) is 0.400. The van der Waals surface area contributed by atoms with Crippen LogP contribution in [0.25, 0.3) is 22.5 Å². The van der Waals surface area contributed by atoms with Crippen LogP contribution in [0, 0.1) is 5.92 Å². The van der Waals surface area contributed by atoms with E-state index < -0.39 is 0 Å². The van der Waals surface area contributed by atoms with Gasteiger partial charge in [-0.25, -0.2) is 9.97 Å². The zero-order valence-corrected chi connectivity index (χ0v) is 28.5. The number of nitrogens with one attached hydrogen (secondary N) is 3. The number of nitrogens with zero attached hydrogens (tertiary/aromatic N) is 5. The smallest absolute Gasteiger partial charge is 0.291 e. The van der Waals surface area contributed by atoms with E-state index in [9.17, 15) is 9.59 Å². The van der Waals surface area contributed by atoms with Gasteiger partial charge in [-0.2, -0.15) is 0 Å². The van der Waals surface area contributed by atoms with Crippen LogP contribution in [0.3, 0.4) is 0 Å². The average Bonchev–Trinajstić information content (AvgIpc) is 3.71. The van der Waals surface area contributed by atoms with Crippen molar-refractivity contribution in [1.29, 1.82) is 0 Å². The predicted molar refractivity (Wildman–Crippen MR) is 185 cm³/mol. The van der Waals surface area contributed by atoms with Gasteiger partial charge >= 0.3 is 0 Å². The van der Waals surface area contributed by atoms with E-state index in [0.717, 1.165) is 55.3 Å². The van der Waals surface area contributed by atoms with E-state index in [0.29, 0.717) is 69.5 Å². The summed E-state index contributed by atoms with van der Waals surface area (Å²) in [6, 6.07) is 11.1. The lowest BCUT2D eigenvalue weighted by Gasteiger charge is -2.26. The lowest BCUT2D eigenvalue weighted by atomic mass is 10.1. The van der Waals surface area contributed by atoms with Gasteiger partial charge in [-0.3, -0.25) is 19.5 Å². The van der Waals surface area contributed by atoms with Crippen molar-refractivity contribution in [3.8, 4) is 28.4 Å². The Hall–Kier alpha value is -4.03. The summed E-state index contributed by atoms with van der Waals surface area (Å²) in [6.07, 6.45) is 6.54. The SMILES string of the molecule is COc1nc(-c2ccnc(-c3cccc(NC(=O)c4nc5c(n4C)CCN(CC4CC4)C5)c3Cl)c2Cl)ccc1CNCC1CCC(=O)N1. The van der Waals surface area contributed by atoms with Gasteiger partial charge < -0.3 is 25.3 Å². The molecule has 11 nitrogen and oxygen atoms in total. The summed E-state index contributed by atoms with van der Waals surface area (Å²) in [4.78, 5) is 41.5. The molecule has 1 saturated heterocycles. The maximum absolute atomic E-state index is 13.5. The summed E-state index contributed by atoms with van der Waals surface area (Å²) >= 11 is 13.9. The van der Waals surface area contributed by atoms with Gasteiger partial charge in [-0.1, -0.05) is 41.4 Å². The molecule has 5 heterocycles. The number of fused-ring (bicyclic) bond motifs is 1. The number of anilines is 1. The van der Waals surface area contributed by atoms with Crippen LogP contribution >= 0.6 is 23.2 Å². The number of hydrogen-bond acceptors (Lipinski definition) is 8. The topological polar surface area (TPSA) is 126 Å². The lowest BCUT2D eigenvalue weighted by Crippen LogP contribution is -2.35. The molecule has 1 atom stereocenters. The Bertz CT molecular complexity index is 1870. The van der Waals surface area contributed by atoms with Crippen molar-refractivity contribution >= 4 is 40.7 Å². The number of hydrogen-bond donors (Lipinski definition) is 3. The van der Waals surface area contributed by atoms with Crippen molar-refractivity contribution in [2.24, 2.45) is 13.0 Å². The molecule has 250 valence electrons. The molecule has 2 fully saturated rings. The van der Waals surface area contributed by atoms with Gasteiger partial charge in [-0.15, -0.1) is 0 Å². The van der Waals surface area contributed by atoms with Crippen molar-refractivity contribution in [3.05, 3.63) is 75.4 Å². The molecule has 48 heavy (non-hydrogen) atoms. The molecular formula is C35H38Cl2N8O3. The fourth-order valence-electron chi connectivity index (χ4n) is 6.57. The van der Waals surface area contributed by atoms with E-state index in [1.807, 2.05) is 29.8 Å². The molecule has 1 aliphatic carbocycles. The van der Waals surface area contributed by atoms with Crippen LogP contribution in [0.5, 0.6) is 5.88 Å². The first-order valence-electron chi connectivity index (χ1n) is 16.3. The third-order valence-corrected chi connectivity index (χ3v) is 10.1. The molecule has 1 unspecified atom stereocenters. The molecule has 13 heteroatoms. The van der Waals surface area contributed by atoms with Gasteiger partial charge in [0.1, 0.15) is 0 Å². The number of ether oxygens (including phenoxy) is 1. The second-order valence-corrected chi connectivity index (χ2v) is 13.5. The summed E-state index contributed by atoms with van der Waals surface area (Å²) in [6.45, 7) is 4.06. The van der Waals surface area contributed by atoms with Gasteiger partial charge in [0.25, 0.3) is 5.91 Å². The van der Waals surface area contributed by atoms with Crippen LogP contribution in [0.1, 0.15) is 53.3 Å². The lowest BCUT2D eigenvalue weighted by molar-refractivity contribution is -0.119. The van der Waals surface area contributed by atoms with E-state index in [1.165, 1.54) is 12.8 Å². The fourth-order valence-corrected chi connectivity index (χ4v) is 7.14. The van der Waals surface area contributed by atoms with Crippen molar-refractivity contribution in [2.45, 2.75) is 51.2 Å². The number of imidazole rings is 1. The Morgan fingerprint density at radius 3 is 2.69 bits per heavy atom. The Morgan fingerprint density at radius 1 is 1.06 bits per heavy atom. The highest BCUT2D eigenvalue weighted by Crippen LogP contribution is 2.40. The molecule has 1 saturated carbocycles. The molecule has 0 radical (unpaired) electrons. The second kappa shape index (κ2) is 13.8. The summed E-state index contributed by atoms with van der Waals surface area (Å²) in [7, 11) is 3.48. The van der Waals surface area contributed by atoms with Crippen molar-refractivity contribution < 1.29 is 14.3 Å². The minimum atomic E-state index is -0.327. The minimum Gasteiger partial charge on any atom is -0.481 e. The molecule has 1 aromatic carbocycles. The number of carbonyl (C=O) groups is 2. The van der Waals surface area contributed by atoms with Gasteiger partial charge in [0, 0.05) is 87.2 Å². The van der Waals surface area contributed by atoms with E-state index in [2.05, 4.69) is 25.8 Å². The molecule has 0 spiro atoms. The number of pyridine rings is 2. The van der Waals surface area contributed by atoms with E-state index in [4.69, 9.17) is 37.9 Å². The number of amides is 2. The van der Waals surface area contributed by atoms with Gasteiger partial charge in [0.05, 0.1) is 39.9 Å². The highest BCUT2D eigenvalue weighted by atomic mass is 35.5. The van der Waals surface area contributed by atoms with E-state index >= 15 is 0 Å². The van der Waals surface area contributed by atoms with E-state index in [1.54, 1.807) is 31.5 Å². The summed E-state index contributed by atoms with van der Waals surface area (Å²) in [5, 5.41) is 10.00. The number of benzene rings is 1. The first-order chi connectivity index (χ1) is 23.3. The highest BCUT2D eigenvalue weighted by molar-refractivity contribution is 6.39. The Kier molecular flexibility index (Phi) is 9.37. The maximum Gasteiger partial charge on any atom is 0.291 e. The molecule has 7 rings (SSSR count). The number of halogens is 2. The van der Waals surface area contributed by atoms with Crippen LogP contribution in [0.2, 0.25) is 10.0 Å². The summed E-state index contributed by atoms with van der Waals surface area (Å²) in [5.74, 6) is 1.40. The highest BCUT2D eigenvalue weighted by Gasteiger charge is 2.30. The number of methoxy groups -OCH3 is 1. The van der Waals surface area contributed by atoms with Gasteiger partial charge in [-0.05, 0) is 43.4 Å². The van der Waals surface area contributed by atoms with Crippen molar-refractivity contribution in [2.75, 3.05) is 32.1 Å². The molecule has 2 aliphatic heterocycles. The standard InChI is InChI=1S/C35H38Cl2N8O3/c1-44-28-13-15-45(18-20-6-7-20)19-27(28)41-33(44)34(47)42-26-5-3-4-24(30(26)36)32-31(37)23(12-14-39-32)25-10-8-21(35(43-25)48-2)16-38-17-22-9-11-29(46)40-22/h3-5,8,10,12,14,20,22,38H,6-7,9,11,13,15-19H2,1-2H3,(H,40,46)(H,42,47). The monoisotopic (exact) mass is 688 g/mol. The third-order valence-electron chi connectivity index (χ3n) is 9.34. The Labute approximate surface area is 289 Å². The average molecular weight is 690 g/mol. The maximum atomic E-state index is 13.5. The van der Waals surface area contributed by atoms with Gasteiger partial charge in [0.2, 0.25) is 11.8 Å². The molecule has 2 amide bonds. The summed E-state index contributed by atoms with van der Waals surface area (Å²) < 4.78 is 7.52. The molecule has 0 bridgehead atoms. The molecule has 4 aromatic rings. The molecule has 3 N–H and O–H groups in total. The third kappa shape index (κ3) is 6.78. The molecular weight excluding hydrogens is 651 g/mol. The molecule has 3 aliphatic rings. The predicted octanol–water partition coefficient (Wildman–Crippen LogP) is 5.25. The minimum absolute atomic E-state index is 0.0923. The summed E-state index contributed by atoms with van der Waals surface area (Å²) in [5.41, 5.74) is 5.70. The largest absolute Gasteiger partial charge is 0.481 e. The van der Waals surface area contributed by atoms with Crippen LogP contribution in [-0.2, 0) is 31.4 Å². The molecule has 3 aromatic heterocycles. The van der Waals surface area contributed by atoms with Crippen molar-refractivity contribution in [3.63, 3.8) is 0 Å². The van der Waals surface area contributed by atoms with Crippen LogP contribution < -0.4 is 20.7 Å². The second-order valence-electron chi connectivity index (χ2n) is 12.8.